The number of amides is 2. The van der Waals surface area contributed by atoms with Gasteiger partial charge in [0.2, 0.25) is 5.91 Å². The van der Waals surface area contributed by atoms with Crippen LogP contribution in [-0.2, 0) is 11.2 Å². The number of nitrogens with one attached hydrogen (secondary N) is 2. The third-order valence-corrected chi connectivity index (χ3v) is 5.26. The normalized spacial score (nSPS) is 10.5. The summed E-state index contributed by atoms with van der Waals surface area (Å²) in [5.74, 6) is -0.203. The van der Waals surface area contributed by atoms with E-state index in [0.717, 1.165) is 21.4 Å². The molecule has 0 saturated heterocycles. The van der Waals surface area contributed by atoms with E-state index >= 15 is 0 Å². The molecule has 0 aliphatic carbocycles. The van der Waals surface area contributed by atoms with Crippen molar-refractivity contribution in [2.75, 3.05) is 10.6 Å². The Morgan fingerprint density at radius 3 is 2.85 bits per heavy atom. The van der Waals surface area contributed by atoms with Crippen LogP contribution in [0.1, 0.15) is 28.2 Å². The second-order valence-corrected chi connectivity index (χ2v) is 7.30. The maximum absolute atomic E-state index is 12.1. The molecule has 0 spiro atoms. The summed E-state index contributed by atoms with van der Waals surface area (Å²) in [6, 6.07) is 8.89. The zero-order valence-corrected chi connectivity index (χ0v) is 16.3. The van der Waals surface area contributed by atoms with Crippen LogP contribution in [0.15, 0.2) is 50.9 Å². The minimum absolute atomic E-state index is 0.0825. The molecule has 0 atom stereocenters. The molecular formula is C18H16BrN3O3S. The Bertz CT molecular complexity index is 922. The average molecular weight is 434 g/mol. The molecule has 0 aliphatic heterocycles. The highest BCUT2D eigenvalue weighted by Crippen LogP contribution is 2.21. The first-order valence-electron chi connectivity index (χ1n) is 7.86. The number of halogens is 1. The number of aromatic nitrogens is 1. The van der Waals surface area contributed by atoms with Gasteiger partial charge < -0.3 is 9.73 Å². The van der Waals surface area contributed by atoms with Crippen LogP contribution in [-0.4, -0.2) is 16.8 Å². The topological polar surface area (TPSA) is 84.2 Å². The molecule has 3 aromatic rings. The van der Waals surface area contributed by atoms with Crippen LogP contribution < -0.4 is 10.6 Å². The van der Waals surface area contributed by atoms with Crippen molar-refractivity contribution >= 4 is 49.9 Å². The molecule has 2 amide bonds. The molecule has 0 saturated carbocycles. The molecule has 0 fully saturated rings. The van der Waals surface area contributed by atoms with Gasteiger partial charge in [0.05, 0.1) is 12.0 Å². The molecule has 6 nitrogen and oxygen atoms in total. The van der Waals surface area contributed by atoms with Gasteiger partial charge in [-0.3, -0.25) is 14.9 Å². The van der Waals surface area contributed by atoms with Gasteiger partial charge in [-0.1, -0.05) is 15.9 Å². The molecule has 0 radical (unpaired) electrons. The molecular weight excluding hydrogens is 418 g/mol. The molecule has 2 N–H and O–H groups in total. The third kappa shape index (κ3) is 4.80. The summed E-state index contributed by atoms with van der Waals surface area (Å²) in [4.78, 5) is 28.3. The lowest BCUT2D eigenvalue weighted by atomic mass is 10.2. The smallest absolute Gasteiger partial charge is 0.293 e. The van der Waals surface area contributed by atoms with Gasteiger partial charge in [0, 0.05) is 22.0 Å². The van der Waals surface area contributed by atoms with Gasteiger partial charge in [0.1, 0.15) is 0 Å². The molecule has 0 unspecified atom stereocenters. The maximum atomic E-state index is 12.1. The number of hydrogen-bond donors (Lipinski definition) is 2. The fraction of sp³-hybridized carbons (Fsp3) is 0.167. The Kier molecular flexibility index (Phi) is 5.85. The van der Waals surface area contributed by atoms with Crippen LogP contribution in [0.2, 0.25) is 0 Å². The van der Waals surface area contributed by atoms with E-state index < -0.39 is 0 Å². The van der Waals surface area contributed by atoms with Gasteiger partial charge in [-0.05, 0) is 49.2 Å². The van der Waals surface area contributed by atoms with Gasteiger partial charge in [-0.2, -0.15) is 0 Å². The number of hydrogen-bond acceptors (Lipinski definition) is 5. The molecule has 2 aromatic heterocycles. The number of nitrogens with zero attached hydrogens (tertiary/aromatic N) is 1. The van der Waals surface area contributed by atoms with E-state index in [1.54, 1.807) is 12.1 Å². The Balaban J connectivity index is 1.50. The van der Waals surface area contributed by atoms with Crippen molar-refractivity contribution in [2.24, 2.45) is 0 Å². The van der Waals surface area contributed by atoms with Crippen LogP contribution in [0.4, 0.5) is 10.8 Å². The lowest BCUT2D eigenvalue weighted by Crippen LogP contribution is -2.13. The Hall–Kier alpha value is -2.45. The molecule has 2 heterocycles. The van der Waals surface area contributed by atoms with Gasteiger partial charge in [-0.15, -0.1) is 11.3 Å². The highest BCUT2D eigenvalue weighted by molar-refractivity contribution is 9.10. The molecule has 0 bridgehead atoms. The van der Waals surface area contributed by atoms with E-state index in [-0.39, 0.29) is 17.6 Å². The van der Waals surface area contributed by atoms with E-state index in [2.05, 4.69) is 31.5 Å². The summed E-state index contributed by atoms with van der Waals surface area (Å²) in [7, 11) is 0. The van der Waals surface area contributed by atoms with Crippen molar-refractivity contribution in [3.05, 3.63) is 63.5 Å². The fourth-order valence-electron chi connectivity index (χ4n) is 2.23. The number of anilines is 2. The number of furan rings is 1. The summed E-state index contributed by atoms with van der Waals surface area (Å²) >= 11 is 4.75. The van der Waals surface area contributed by atoms with Crippen molar-refractivity contribution in [1.82, 2.24) is 4.98 Å². The second-order valence-electron chi connectivity index (χ2n) is 5.59. The first-order chi connectivity index (χ1) is 12.5. The molecule has 1 aromatic carbocycles. The summed E-state index contributed by atoms with van der Waals surface area (Å²) in [5.41, 5.74) is 2.58. The maximum Gasteiger partial charge on any atom is 0.293 e. The van der Waals surface area contributed by atoms with Crippen molar-refractivity contribution in [2.45, 2.75) is 19.8 Å². The summed E-state index contributed by atoms with van der Waals surface area (Å²) in [6.07, 6.45) is 2.24. The van der Waals surface area contributed by atoms with Crippen LogP contribution in [0.3, 0.4) is 0 Å². The zero-order valence-electron chi connectivity index (χ0n) is 13.9. The Labute approximate surface area is 162 Å². The average Bonchev–Trinajstić information content (AvgIpc) is 3.28. The Morgan fingerprint density at radius 2 is 2.12 bits per heavy atom. The van der Waals surface area contributed by atoms with E-state index in [4.69, 9.17) is 4.42 Å². The molecule has 3 rings (SSSR count). The summed E-state index contributed by atoms with van der Waals surface area (Å²) in [6.45, 7) is 1.97. The SMILES string of the molecule is Cc1cc(NC(=O)CCc2csc(NC(=O)c3ccco3)n2)ccc1Br. The molecule has 0 aliphatic rings. The minimum atomic E-state index is -0.348. The van der Waals surface area contributed by atoms with E-state index in [0.29, 0.717) is 18.0 Å². The van der Waals surface area contributed by atoms with Crippen molar-refractivity contribution in [3.8, 4) is 0 Å². The van der Waals surface area contributed by atoms with Crippen LogP contribution in [0, 0.1) is 6.92 Å². The van der Waals surface area contributed by atoms with Crippen molar-refractivity contribution in [1.29, 1.82) is 0 Å². The highest BCUT2D eigenvalue weighted by Gasteiger charge is 2.12. The summed E-state index contributed by atoms with van der Waals surface area (Å²) in [5, 5.41) is 7.85. The standard InChI is InChI=1S/C18H16BrN3O3S/c1-11-9-12(4-6-14(11)19)20-16(23)7-5-13-10-26-18(21-13)22-17(24)15-3-2-8-25-15/h2-4,6,8-10H,5,7H2,1H3,(H,20,23)(H,21,22,24). The number of carbonyl (C=O) groups is 2. The van der Waals surface area contributed by atoms with Gasteiger partial charge in [0.25, 0.3) is 5.91 Å². The number of aryl methyl sites for hydroxylation is 2. The monoisotopic (exact) mass is 433 g/mol. The number of benzene rings is 1. The predicted molar refractivity (Wildman–Crippen MR) is 105 cm³/mol. The molecule has 26 heavy (non-hydrogen) atoms. The predicted octanol–water partition coefficient (Wildman–Crippen LogP) is 4.63. The van der Waals surface area contributed by atoms with Gasteiger partial charge in [0.15, 0.2) is 10.9 Å². The lowest BCUT2D eigenvalue weighted by Gasteiger charge is -2.06. The number of carbonyl (C=O) groups excluding carboxylic acids is 2. The fourth-order valence-corrected chi connectivity index (χ4v) is 3.22. The number of rotatable bonds is 6. The molecule has 8 heteroatoms. The highest BCUT2D eigenvalue weighted by atomic mass is 79.9. The quantitative estimate of drug-likeness (QED) is 0.593. The largest absolute Gasteiger partial charge is 0.459 e. The first kappa shape index (κ1) is 18.3. The van der Waals surface area contributed by atoms with E-state index in [9.17, 15) is 9.59 Å². The minimum Gasteiger partial charge on any atom is -0.459 e. The lowest BCUT2D eigenvalue weighted by molar-refractivity contribution is -0.116. The summed E-state index contributed by atoms with van der Waals surface area (Å²) < 4.78 is 6.04. The molecule has 134 valence electrons. The van der Waals surface area contributed by atoms with Gasteiger partial charge >= 0.3 is 0 Å². The number of thiazole rings is 1. The third-order valence-electron chi connectivity index (χ3n) is 3.57. The van der Waals surface area contributed by atoms with Crippen molar-refractivity contribution in [3.63, 3.8) is 0 Å². The van der Waals surface area contributed by atoms with Gasteiger partial charge in [-0.25, -0.2) is 4.98 Å². The Morgan fingerprint density at radius 1 is 1.27 bits per heavy atom. The van der Waals surface area contributed by atoms with E-state index in [1.807, 2.05) is 30.5 Å². The van der Waals surface area contributed by atoms with Crippen LogP contribution in [0.25, 0.3) is 0 Å². The van der Waals surface area contributed by atoms with E-state index in [1.165, 1.54) is 17.6 Å². The van der Waals surface area contributed by atoms with Crippen LogP contribution in [0.5, 0.6) is 0 Å². The van der Waals surface area contributed by atoms with Crippen LogP contribution >= 0.6 is 27.3 Å². The first-order valence-corrected chi connectivity index (χ1v) is 9.54. The second kappa shape index (κ2) is 8.29. The van der Waals surface area contributed by atoms with Crippen molar-refractivity contribution < 1.29 is 14.0 Å². The zero-order chi connectivity index (χ0) is 18.5.